The fraction of sp³-hybridized carbons (Fsp3) is 0.556. The van der Waals surface area contributed by atoms with Crippen molar-refractivity contribution < 1.29 is 22.8 Å². The first kappa shape index (κ1) is 9.18. The predicted octanol–water partition coefficient (Wildman–Crippen LogP) is 2.52. The van der Waals surface area contributed by atoms with Gasteiger partial charge in [0, 0.05) is 0 Å². The second kappa shape index (κ2) is 5.70. The Labute approximate surface area is 79.1 Å². The molecule has 1 aliphatic rings. The molecule has 11 heavy (non-hydrogen) atoms. The molecule has 0 radical (unpaired) electrons. The Morgan fingerprint density at radius 3 is 2.91 bits per heavy atom. The van der Waals surface area contributed by atoms with Gasteiger partial charge < -0.3 is 0 Å². The van der Waals surface area contributed by atoms with E-state index in [0.29, 0.717) is 0 Å². The van der Waals surface area contributed by atoms with Gasteiger partial charge in [-0.2, -0.15) is 0 Å². The number of allylic oxidation sites excluding steroid dienone is 3. The third-order valence-electron chi connectivity index (χ3n) is 1.80. The summed E-state index contributed by atoms with van der Waals surface area (Å²) in [5.41, 5.74) is 1.46. The molecule has 0 amide bonds. The number of hydrogen-bond acceptors (Lipinski definition) is 1. The van der Waals surface area contributed by atoms with Crippen molar-refractivity contribution in [3.8, 4) is 0 Å². The van der Waals surface area contributed by atoms with Crippen LogP contribution in [0.2, 0.25) is 0 Å². The molecule has 64 valence electrons. The maximum absolute atomic E-state index is 5.09. The summed E-state index contributed by atoms with van der Waals surface area (Å²) in [7, 11) is 0. The van der Waals surface area contributed by atoms with Gasteiger partial charge in [0.2, 0.25) is 0 Å². The van der Waals surface area contributed by atoms with Gasteiger partial charge >= 0.3 is 78.9 Å². The summed E-state index contributed by atoms with van der Waals surface area (Å²) < 4.78 is 5.09. The molecular formula is C9H13IrO. The zero-order chi connectivity index (χ0) is 7.94. The zero-order valence-electron chi connectivity index (χ0n) is 6.51. The van der Waals surface area contributed by atoms with Gasteiger partial charge in [0.1, 0.15) is 0 Å². The molecule has 0 saturated heterocycles. The van der Waals surface area contributed by atoms with Crippen LogP contribution in [0.5, 0.6) is 0 Å². The van der Waals surface area contributed by atoms with E-state index in [2.05, 4.69) is 18.2 Å². The van der Waals surface area contributed by atoms with E-state index in [-0.39, 0.29) is 0 Å². The predicted molar refractivity (Wildman–Crippen MR) is 41.6 cm³/mol. The van der Waals surface area contributed by atoms with Gasteiger partial charge in [-0.15, -0.1) is 0 Å². The molecule has 0 N–H and O–H groups in total. The quantitative estimate of drug-likeness (QED) is 0.708. The van der Waals surface area contributed by atoms with Gasteiger partial charge in [0.05, 0.1) is 0 Å². The third-order valence-corrected chi connectivity index (χ3v) is 2.14. The molecule has 1 aliphatic carbocycles. The second-order valence-corrected chi connectivity index (χ2v) is 3.38. The molecule has 0 saturated carbocycles. The Balaban J connectivity index is 2.37. The summed E-state index contributed by atoms with van der Waals surface area (Å²) in [5.74, 6) is 0. The Morgan fingerprint density at radius 1 is 1.27 bits per heavy atom. The molecular weight excluding hydrogens is 316 g/mol. The summed E-state index contributed by atoms with van der Waals surface area (Å²) in [6.45, 7) is 0.813. The topological polar surface area (TPSA) is 9.23 Å². The van der Waals surface area contributed by atoms with Gasteiger partial charge in [-0.1, -0.05) is 0 Å². The third kappa shape index (κ3) is 3.85. The minimum atomic E-state index is 0.813. The van der Waals surface area contributed by atoms with Crippen LogP contribution >= 0.6 is 0 Å². The van der Waals surface area contributed by atoms with Crippen molar-refractivity contribution in [2.45, 2.75) is 25.7 Å². The van der Waals surface area contributed by atoms with Crippen molar-refractivity contribution >= 4 is 0 Å². The first-order chi connectivity index (χ1) is 5.43. The summed E-state index contributed by atoms with van der Waals surface area (Å²) >= 11 is 1.76. The van der Waals surface area contributed by atoms with Crippen molar-refractivity contribution in [2.24, 2.45) is 0 Å². The molecule has 2 heteroatoms. The number of hydrogen-bond donors (Lipinski definition) is 0. The molecule has 0 unspecified atom stereocenters. The van der Waals surface area contributed by atoms with E-state index < -0.39 is 0 Å². The average Bonchev–Trinajstić information content (AvgIpc) is 1.94. The van der Waals surface area contributed by atoms with E-state index in [1.54, 1.807) is 19.3 Å². The summed E-state index contributed by atoms with van der Waals surface area (Å²) in [6, 6.07) is 0. The van der Waals surface area contributed by atoms with Crippen LogP contribution in [0.15, 0.2) is 23.8 Å². The second-order valence-electron chi connectivity index (χ2n) is 2.69. The first-order valence-corrected chi connectivity index (χ1v) is 4.96. The molecule has 0 aromatic rings. The Bertz CT molecular complexity index is 161. The SMILES string of the molecule is [Ir][O]CC1=CCCC=CCC1. The van der Waals surface area contributed by atoms with Gasteiger partial charge in [-0.05, 0) is 0 Å². The standard InChI is InChI=1S/C9H13O.Ir/c10-8-9-6-4-2-1-3-5-7-9;/h1-2,7H,3-6,8H2;/q-1;+1. The Kier molecular flexibility index (Phi) is 4.76. The van der Waals surface area contributed by atoms with Crippen molar-refractivity contribution in [2.75, 3.05) is 6.61 Å². The van der Waals surface area contributed by atoms with Crippen molar-refractivity contribution in [3.63, 3.8) is 0 Å². The zero-order valence-corrected chi connectivity index (χ0v) is 8.90. The van der Waals surface area contributed by atoms with Crippen molar-refractivity contribution in [3.05, 3.63) is 23.8 Å². The fourth-order valence-corrected chi connectivity index (χ4v) is 1.63. The molecule has 0 aromatic carbocycles. The summed E-state index contributed by atoms with van der Waals surface area (Å²) in [5, 5.41) is 0. The molecule has 0 bridgehead atoms. The van der Waals surface area contributed by atoms with Gasteiger partial charge in [0.25, 0.3) is 0 Å². The van der Waals surface area contributed by atoms with Gasteiger partial charge in [-0.25, -0.2) is 0 Å². The van der Waals surface area contributed by atoms with Gasteiger partial charge in [-0.3, -0.25) is 0 Å². The monoisotopic (exact) mass is 330 g/mol. The average molecular weight is 329 g/mol. The van der Waals surface area contributed by atoms with Crippen LogP contribution in [-0.4, -0.2) is 6.61 Å². The van der Waals surface area contributed by atoms with Crippen LogP contribution in [0, 0.1) is 0 Å². The van der Waals surface area contributed by atoms with Crippen LogP contribution in [0.25, 0.3) is 0 Å². The van der Waals surface area contributed by atoms with Crippen LogP contribution in [0.1, 0.15) is 25.7 Å². The van der Waals surface area contributed by atoms with E-state index in [0.717, 1.165) is 6.61 Å². The van der Waals surface area contributed by atoms with Crippen LogP contribution in [0.4, 0.5) is 0 Å². The van der Waals surface area contributed by atoms with E-state index in [1.165, 1.54) is 31.3 Å². The van der Waals surface area contributed by atoms with Crippen LogP contribution < -0.4 is 0 Å². The molecule has 1 rings (SSSR count). The van der Waals surface area contributed by atoms with Crippen LogP contribution in [-0.2, 0) is 22.8 Å². The Hall–Kier alpha value is 0.0894. The molecule has 0 heterocycles. The molecule has 0 aliphatic heterocycles. The minimum absolute atomic E-state index is 0.813. The fourth-order valence-electron chi connectivity index (χ4n) is 1.18. The van der Waals surface area contributed by atoms with Gasteiger partial charge in [0.15, 0.2) is 0 Å². The molecule has 0 spiro atoms. The molecule has 0 atom stereocenters. The van der Waals surface area contributed by atoms with E-state index in [1.807, 2.05) is 0 Å². The molecule has 0 fully saturated rings. The van der Waals surface area contributed by atoms with E-state index in [4.69, 9.17) is 3.50 Å². The summed E-state index contributed by atoms with van der Waals surface area (Å²) in [6.07, 6.45) is 11.6. The molecule has 1 nitrogen and oxygen atoms in total. The van der Waals surface area contributed by atoms with Crippen molar-refractivity contribution in [1.82, 2.24) is 0 Å². The maximum atomic E-state index is 5.09. The Morgan fingerprint density at radius 2 is 2.09 bits per heavy atom. The molecule has 0 aromatic heterocycles. The number of rotatable bonds is 2. The normalized spacial score (nSPS) is 18.9. The summed E-state index contributed by atoms with van der Waals surface area (Å²) in [4.78, 5) is 0. The van der Waals surface area contributed by atoms with E-state index >= 15 is 0 Å². The van der Waals surface area contributed by atoms with Crippen LogP contribution in [0.3, 0.4) is 0 Å². The van der Waals surface area contributed by atoms with Crippen molar-refractivity contribution in [1.29, 1.82) is 0 Å². The van der Waals surface area contributed by atoms with E-state index in [9.17, 15) is 0 Å². The first-order valence-electron chi connectivity index (χ1n) is 3.98.